The van der Waals surface area contributed by atoms with Gasteiger partial charge in [0.05, 0.1) is 11.3 Å². The smallest absolute Gasteiger partial charge is 0.337 e. The number of hydrogen-bond donors (Lipinski definition) is 1. The number of aryl methyl sites for hydroxylation is 1. The van der Waals surface area contributed by atoms with Crippen LogP contribution in [0.5, 0.6) is 0 Å². The molecule has 0 radical (unpaired) electrons. The Labute approximate surface area is 106 Å². The van der Waals surface area contributed by atoms with Gasteiger partial charge in [-0.15, -0.1) is 0 Å². The van der Waals surface area contributed by atoms with Crippen molar-refractivity contribution in [3.8, 4) is 0 Å². The highest BCUT2D eigenvalue weighted by Gasteiger charge is 2.14. The third kappa shape index (κ3) is 2.20. The molecule has 2 aromatic carbocycles. The summed E-state index contributed by atoms with van der Waals surface area (Å²) in [6, 6.07) is 14.9. The first kappa shape index (κ1) is 12.2. The van der Waals surface area contributed by atoms with Gasteiger partial charge < -0.3 is 10.0 Å². The number of hydrogen-bond acceptors (Lipinski definition) is 2. The number of carbonyl (C=O) groups is 1. The van der Waals surface area contributed by atoms with Crippen LogP contribution in [0.4, 0.5) is 11.4 Å². The average molecular weight is 241 g/mol. The average Bonchev–Trinajstić information content (AvgIpc) is 2.38. The van der Waals surface area contributed by atoms with Gasteiger partial charge in [-0.25, -0.2) is 4.79 Å². The minimum absolute atomic E-state index is 0.309. The Morgan fingerprint density at radius 1 is 1.00 bits per heavy atom. The second-order valence-electron chi connectivity index (χ2n) is 4.17. The highest BCUT2D eigenvalue weighted by Crippen LogP contribution is 2.29. The lowest BCUT2D eigenvalue weighted by Crippen LogP contribution is -2.14. The maximum Gasteiger partial charge on any atom is 0.337 e. The van der Waals surface area contributed by atoms with E-state index in [-0.39, 0.29) is 0 Å². The Balaban J connectivity index is 2.50. The van der Waals surface area contributed by atoms with Gasteiger partial charge in [0.1, 0.15) is 0 Å². The predicted octanol–water partition coefficient (Wildman–Crippen LogP) is 3.46. The fourth-order valence-electron chi connectivity index (χ4n) is 2.02. The van der Waals surface area contributed by atoms with E-state index in [1.807, 2.05) is 55.3 Å². The molecule has 3 nitrogen and oxygen atoms in total. The second kappa shape index (κ2) is 4.92. The zero-order chi connectivity index (χ0) is 13.1. The van der Waals surface area contributed by atoms with Crippen LogP contribution in [0, 0.1) is 6.92 Å². The van der Waals surface area contributed by atoms with E-state index < -0.39 is 5.97 Å². The Morgan fingerprint density at radius 2 is 1.56 bits per heavy atom. The lowest BCUT2D eigenvalue weighted by atomic mass is 10.1. The summed E-state index contributed by atoms with van der Waals surface area (Å²) >= 11 is 0. The first-order valence-corrected chi connectivity index (χ1v) is 5.73. The molecule has 0 aliphatic rings. The van der Waals surface area contributed by atoms with Crippen molar-refractivity contribution in [1.29, 1.82) is 0 Å². The Kier molecular flexibility index (Phi) is 3.33. The molecule has 0 heterocycles. The summed E-state index contributed by atoms with van der Waals surface area (Å²) < 4.78 is 0. The molecule has 0 fully saturated rings. The number of rotatable bonds is 3. The van der Waals surface area contributed by atoms with Gasteiger partial charge in [0.15, 0.2) is 0 Å². The molecule has 0 bridgehead atoms. The number of carboxylic acids is 1. The number of anilines is 2. The van der Waals surface area contributed by atoms with Crippen LogP contribution >= 0.6 is 0 Å². The maximum absolute atomic E-state index is 11.2. The summed E-state index contributed by atoms with van der Waals surface area (Å²) in [5, 5.41) is 9.20. The van der Waals surface area contributed by atoms with Gasteiger partial charge in [0.2, 0.25) is 0 Å². The second-order valence-corrected chi connectivity index (χ2v) is 4.17. The van der Waals surface area contributed by atoms with Gasteiger partial charge in [-0.2, -0.15) is 0 Å². The highest BCUT2D eigenvalue weighted by atomic mass is 16.4. The van der Waals surface area contributed by atoms with Crippen molar-refractivity contribution < 1.29 is 9.90 Å². The van der Waals surface area contributed by atoms with E-state index in [0.717, 1.165) is 11.3 Å². The van der Waals surface area contributed by atoms with Gasteiger partial charge >= 0.3 is 5.97 Å². The van der Waals surface area contributed by atoms with Crippen molar-refractivity contribution in [3.05, 3.63) is 59.7 Å². The van der Waals surface area contributed by atoms with Crippen LogP contribution in [-0.2, 0) is 0 Å². The van der Waals surface area contributed by atoms with Crippen LogP contribution in [0.25, 0.3) is 0 Å². The molecule has 92 valence electrons. The molecule has 2 rings (SSSR count). The fourth-order valence-corrected chi connectivity index (χ4v) is 2.02. The molecule has 0 aliphatic heterocycles. The summed E-state index contributed by atoms with van der Waals surface area (Å²) in [6.45, 7) is 2.01. The molecule has 18 heavy (non-hydrogen) atoms. The molecule has 0 unspecified atom stereocenters. The van der Waals surface area contributed by atoms with Crippen LogP contribution in [0.2, 0.25) is 0 Å². The van der Waals surface area contributed by atoms with Crippen LogP contribution in [-0.4, -0.2) is 18.1 Å². The van der Waals surface area contributed by atoms with Crippen molar-refractivity contribution in [3.63, 3.8) is 0 Å². The molecule has 0 saturated carbocycles. The van der Waals surface area contributed by atoms with E-state index in [1.54, 1.807) is 12.1 Å². The number of carboxylic acid groups (broad SMARTS) is 1. The fraction of sp³-hybridized carbons (Fsp3) is 0.133. The summed E-state index contributed by atoms with van der Waals surface area (Å²) in [5.74, 6) is -0.911. The zero-order valence-corrected chi connectivity index (χ0v) is 10.4. The van der Waals surface area contributed by atoms with E-state index in [2.05, 4.69) is 0 Å². The van der Waals surface area contributed by atoms with Crippen LogP contribution in [0.15, 0.2) is 48.5 Å². The standard InChI is InChI=1S/C15H15NO2/c1-11-7-3-5-9-13(11)16(2)14-10-6-4-8-12(14)15(17)18/h3-10H,1-2H3,(H,17,18). The SMILES string of the molecule is Cc1ccccc1N(C)c1ccccc1C(=O)O. The van der Waals surface area contributed by atoms with Crippen molar-refractivity contribution in [2.45, 2.75) is 6.92 Å². The normalized spacial score (nSPS) is 10.1. The van der Waals surface area contributed by atoms with Crippen LogP contribution < -0.4 is 4.90 Å². The predicted molar refractivity (Wildman–Crippen MR) is 72.6 cm³/mol. The minimum Gasteiger partial charge on any atom is -0.478 e. The van der Waals surface area contributed by atoms with Gasteiger partial charge in [-0.3, -0.25) is 0 Å². The maximum atomic E-state index is 11.2. The Hall–Kier alpha value is -2.29. The molecular weight excluding hydrogens is 226 g/mol. The summed E-state index contributed by atoms with van der Waals surface area (Å²) in [4.78, 5) is 13.1. The minimum atomic E-state index is -0.911. The lowest BCUT2D eigenvalue weighted by Gasteiger charge is -2.23. The lowest BCUT2D eigenvalue weighted by molar-refractivity contribution is 0.0697. The van der Waals surface area contributed by atoms with Gasteiger partial charge in [-0.1, -0.05) is 30.3 Å². The molecule has 0 atom stereocenters. The number of benzene rings is 2. The van der Waals surface area contributed by atoms with Gasteiger partial charge in [0.25, 0.3) is 0 Å². The van der Waals surface area contributed by atoms with E-state index in [1.165, 1.54) is 0 Å². The molecule has 0 amide bonds. The zero-order valence-electron chi connectivity index (χ0n) is 10.4. The quantitative estimate of drug-likeness (QED) is 0.894. The van der Waals surface area contributed by atoms with Crippen LogP contribution in [0.3, 0.4) is 0 Å². The van der Waals surface area contributed by atoms with Crippen molar-refractivity contribution in [2.24, 2.45) is 0 Å². The molecular formula is C15H15NO2. The molecule has 3 heteroatoms. The first-order chi connectivity index (χ1) is 8.61. The number of nitrogens with zero attached hydrogens (tertiary/aromatic N) is 1. The summed E-state index contributed by atoms with van der Waals surface area (Å²) in [7, 11) is 1.88. The topological polar surface area (TPSA) is 40.5 Å². The molecule has 2 aromatic rings. The summed E-state index contributed by atoms with van der Waals surface area (Å²) in [6.07, 6.45) is 0. The van der Waals surface area contributed by atoms with Gasteiger partial charge in [0, 0.05) is 12.7 Å². The van der Waals surface area contributed by atoms with Crippen LogP contribution in [0.1, 0.15) is 15.9 Å². The Bertz CT molecular complexity index is 578. The van der Waals surface area contributed by atoms with Crippen molar-refractivity contribution in [1.82, 2.24) is 0 Å². The largest absolute Gasteiger partial charge is 0.478 e. The molecule has 0 saturated heterocycles. The summed E-state index contributed by atoms with van der Waals surface area (Å²) in [5.41, 5.74) is 3.12. The van der Waals surface area contributed by atoms with E-state index >= 15 is 0 Å². The molecule has 0 spiro atoms. The Morgan fingerprint density at radius 3 is 2.17 bits per heavy atom. The van der Waals surface area contributed by atoms with Gasteiger partial charge in [-0.05, 0) is 30.7 Å². The highest BCUT2D eigenvalue weighted by molar-refractivity contribution is 5.95. The third-order valence-corrected chi connectivity index (χ3v) is 2.97. The van der Waals surface area contributed by atoms with E-state index in [4.69, 9.17) is 0 Å². The van der Waals surface area contributed by atoms with Crippen molar-refractivity contribution >= 4 is 17.3 Å². The molecule has 0 aliphatic carbocycles. The number of para-hydroxylation sites is 2. The van der Waals surface area contributed by atoms with Crippen molar-refractivity contribution in [2.75, 3.05) is 11.9 Å². The van der Waals surface area contributed by atoms with E-state index in [9.17, 15) is 9.90 Å². The molecule has 1 N–H and O–H groups in total. The van der Waals surface area contributed by atoms with E-state index in [0.29, 0.717) is 11.3 Å². The third-order valence-electron chi connectivity index (χ3n) is 2.97. The first-order valence-electron chi connectivity index (χ1n) is 5.73. The molecule has 0 aromatic heterocycles. The number of aromatic carboxylic acids is 1. The monoisotopic (exact) mass is 241 g/mol.